The summed E-state index contributed by atoms with van der Waals surface area (Å²) in [5.41, 5.74) is -1.79. The van der Waals surface area contributed by atoms with E-state index in [9.17, 15) is 26.0 Å². The SMILES string of the molecule is O=S(=O)(Nc1ccc(F)c(C(F)(F)F)c1)C1CCCNC1. The van der Waals surface area contributed by atoms with Crippen LogP contribution < -0.4 is 10.0 Å². The van der Waals surface area contributed by atoms with Gasteiger partial charge in [0.1, 0.15) is 5.82 Å². The molecule has 1 aromatic rings. The highest BCUT2D eigenvalue weighted by Crippen LogP contribution is 2.33. The van der Waals surface area contributed by atoms with E-state index in [1.165, 1.54) is 0 Å². The minimum atomic E-state index is -4.88. The Bertz CT molecular complexity index is 610. The third-order valence-corrected chi connectivity index (χ3v) is 5.02. The highest BCUT2D eigenvalue weighted by atomic mass is 32.2. The maximum Gasteiger partial charge on any atom is 0.419 e. The van der Waals surface area contributed by atoms with E-state index in [-0.39, 0.29) is 12.2 Å². The lowest BCUT2D eigenvalue weighted by Crippen LogP contribution is -2.41. The Kier molecular flexibility index (Phi) is 4.43. The Hall–Kier alpha value is -1.35. The van der Waals surface area contributed by atoms with E-state index < -0.39 is 32.8 Å². The third-order valence-electron chi connectivity index (χ3n) is 3.22. The Morgan fingerprint density at radius 2 is 2.00 bits per heavy atom. The molecular weight excluding hydrogens is 312 g/mol. The molecular formula is C12H14F4N2O2S. The summed E-state index contributed by atoms with van der Waals surface area (Å²) in [6.45, 7) is 0.948. The molecule has 1 saturated heterocycles. The zero-order valence-electron chi connectivity index (χ0n) is 10.9. The van der Waals surface area contributed by atoms with Crippen molar-refractivity contribution in [2.45, 2.75) is 24.3 Å². The number of sulfonamides is 1. The van der Waals surface area contributed by atoms with Crippen molar-refractivity contribution in [3.63, 3.8) is 0 Å². The van der Waals surface area contributed by atoms with Gasteiger partial charge in [-0.25, -0.2) is 12.8 Å². The van der Waals surface area contributed by atoms with Crippen LogP contribution >= 0.6 is 0 Å². The number of hydrogen-bond acceptors (Lipinski definition) is 3. The molecule has 1 unspecified atom stereocenters. The number of nitrogens with one attached hydrogen (secondary N) is 2. The molecule has 1 aliphatic heterocycles. The van der Waals surface area contributed by atoms with Gasteiger partial charge in [0.15, 0.2) is 0 Å². The van der Waals surface area contributed by atoms with E-state index in [1.807, 2.05) is 0 Å². The molecule has 1 aliphatic rings. The lowest BCUT2D eigenvalue weighted by atomic mass is 10.2. The van der Waals surface area contributed by atoms with Gasteiger partial charge in [0, 0.05) is 12.2 Å². The average Bonchev–Trinajstić information content (AvgIpc) is 2.40. The second kappa shape index (κ2) is 5.80. The maximum atomic E-state index is 13.1. The van der Waals surface area contributed by atoms with Gasteiger partial charge in [0.25, 0.3) is 0 Å². The summed E-state index contributed by atoms with van der Waals surface area (Å²) in [4.78, 5) is 0. The van der Waals surface area contributed by atoms with Gasteiger partial charge >= 0.3 is 6.18 Å². The van der Waals surface area contributed by atoms with Gasteiger partial charge in [-0.15, -0.1) is 0 Å². The molecule has 0 aliphatic carbocycles. The van der Waals surface area contributed by atoms with E-state index in [2.05, 4.69) is 10.0 Å². The number of halogens is 4. The summed E-state index contributed by atoms with van der Waals surface area (Å²) in [6, 6.07) is 2.03. The van der Waals surface area contributed by atoms with E-state index >= 15 is 0 Å². The molecule has 1 fully saturated rings. The summed E-state index contributed by atoms with van der Waals surface area (Å²) in [7, 11) is -3.81. The van der Waals surface area contributed by atoms with Crippen molar-refractivity contribution >= 4 is 15.7 Å². The Balaban J connectivity index is 2.23. The van der Waals surface area contributed by atoms with Crippen LogP contribution in [0.1, 0.15) is 18.4 Å². The average molecular weight is 326 g/mol. The van der Waals surface area contributed by atoms with Crippen LogP contribution in [0.3, 0.4) is 0 Å². The van der Waals surface area contributed by atoms with Crippen LogP contribution in [0.5, 0.6) is 0 Å². The highest BCUT2D eigenvalue weighted by Gasteiger charge is 2.35. The van der Waals surface area contributed by atoms with Crippen LogP contribution in [0, 0.1) is 5.82 Å². The summed E-state index contributed by atoms with van der Waals surface area (Å²) >= 11 is 0. The molecule has 4 nitrogen and oxygen atoms in total. The first-order valence-electron chi connectivity index (χ1n) is 6.29. The fourth-order valence-electron chi connectivity index (χ4n) is 2.14. The van der Waals surface area contributed by atoms with E-state index in [1.54, 1.807) is 0 Å². The van der Waals surface area contributed by atoms with Crippen molar-refractivity contribution < 1.29 is 26.0 Å². The number of piperidine rings is 1. The van der Waals surface area contributed by atoms with Crippen LogP contribution in [0.2, 0.25) is 0 Å². The van der Waals surface area contributed by atoms with Crippen molar-refractivity contribution in [3.05, 3.63) is 29.6 Å². The largest absolute Gasteiger partial charge is 0.419 e. The fourth-order valence-corrected chi connectivity index (χ4v) is 3.57. The number of alkyl halides is 3. The number of anilines is 1. The zero-order valence-corrected chi connectivity index (χ0v) is 11.7. The lowest BCUT2D eigenvalue weighted by molar-refractivity contribution is -0.139. The predicted octanol–water partition coefficient (Wildman–Crippen LogP) is 2.34. The molecule has 1 heterocycles. The molecule has 0 spiro atoms. The van der Waals surface area contributed by atoms with Gasteiger partial charge in [0.2, 0.25) is 10.0 Å². The van der Waals surface area contributed by atoms with Crippen molar-refractivity contribution in [1.29, 1.82) is 0 Å². The predicted molar refractivity (Wildman–Crippen MR) is 69.8 cm³/mol. The second-order valence-electron chi connectivity index (χ2n) is 4.81. The Morgan fingerprint density at radius 1 is 1.29 bits per heavy atom. The molecule has 0 amide bonds. The molecule has 118 valence electrons. The van der Waals surface area contributed by atoms with Gasteiger partial charge in [-0.2, -0.15) is 13.2 Å². The first kappa shape index (κ1) is 16.0. The zero-order chi connectivity index (χ0) is 15.7. The molecule has 2 N–H and O–H groups in total. The summed E-state index contributed by atoms with van der Waals surface area (Å²) in [5.74, 6) is -1.44. The van der Waals surface area contributed by atoms with Crippen LogP contribution in [0.25, 0.3) is 0 Å². The molecule has 9 heteroatoms. The number of benzene rings is 1. The van der Waals surface area contributed by atoms with E-state index in [0.29, 0.717) is 31.5 Å². The molecule has 0 aromatic heterocycles. The van der Waals surface area contributed by atoms with Crippen LogP contribution in [0.4, 0.5) is 23.2 Å². The normalized spacial score (nSPS) is 20.3. The molecule has 0 bridgehead atoms. The number of rotatable bonds is 3. The second-order valence-corrected chi connectivity index (χ2v) is 6.77. The molecule has 1 aromatic carbocycles. The molecule has 2 rings (SSSR count). The van der Waals surface area contributed by atoms with Crippen molar-refractivity contribution in [2.75, 3.05) is 17.8 Å². The van der Waals surface area contributed by atoms with E-state index in [4.69, 9.17) is 0 Å². The molecule has 21 heavy (non-hydrogen) atoms. The molecule has 1 atom stereocenters. The topological polar surface area (TPSA) is 58.2 Å². The maximum absolute atomic E-state index is 13.1. The van der Waals surface area contributed by atoms with Crippen molar-refractivity contribution in [3.8, 4) is 0 Å². The first-order chi connectivity index (χ1) is 9.70. The fraction of sp³-hybridized carbons (Fsp3) is 0.500. The Morgan fingerprint density at radius 3 is 2.57 bits per heavy atom. The smallest absolute Gasteiger partial charge is 0.315 e. The minimum Gasteiger partial charge on any atom is -0.315 e. The summed E-state index contributed by atoms with van der Waals surface area (Å²) in [5, 5.41) is 2.20. The first-order valence-corrected chi connectivity index (χ1v) is 7.84. The van der Waals surface area contributed by atoms with Crippen molar-refractivity contribution in [2.24, 2.45) is 0 Å². The minimum absolute atomic E-state index is 0.239. The molecule has 0 saturated carbocycles. The van der Waals surface area contributed by atoms with Gasteiger partial charge in [0.05, 0.1) is 10.8 Å². The van der Waals surface area contributed by atoms with Crippen LogP contribution in [-0.4, -0.2) is 26.8 Å². The number of hydrogen-bond donors (Lipinski definition) is 2. The van der Waals surface area contributed by atoms with Crippen LogP contribution in [-0.2, 0) is 16.2 Å². The highest BCUT2D eigenvalue weighted by molar-refractivity contribution is 7.93. The van der Waals surface area contributed by atoms with Crippen LogP contribution in [0.15, 0.2) is 18.2 Å². The monoisotopic (exact) mass is 326 g/mol. The Labute approximate surface area is 119 Å². The van der Waals surface area contributed by atoms with Gasteiger partial charge in [-0.3, -0.25) is 4.72 Å². The summed E-state index contributed by atoms with van der Waals surface area (Å²) in [6.07, 6.45) is -3.78. The van der Waals surface area contributed by atoms with Gasteiger partial charge in [-0.1, -0.05) is 0 Å². The quantitative estimate of drug-likeness (QED) is 0.838. The standard InChI is InChI=1S/C12H14F4N2O2S/c13-11-4-3-8(6-10(11)12(14,15)16)18-21(19,20)9-2-1-5-17-7-9/h3-4,6,9,17-18H,1-2,5,7H2. The van der Waals surface area contributed by atoms with Gasteiger partial charge in [-0.05, 0) is 37.6 Å². The van der Waals surface area contributed by atoms with Gasteiger partial charge < -0.3 is 5.32 Å². The van der Waals surface area contributed by atoms with E-state index in [0.717, 1.165) is 6.07 Å². The third kappa shape index (κ3) is 3.85. The molecule has 0 radical (unpaired) electrons. The summed E-state index contributed by atoms with van der Waals surface area (Å²) < 4.78 is 77.2. The lowest BCUT2D eigenvalue weighted by Gasteiger charge is -2.23. The van der Waals surface area contributed by atoms with Crippen molar-refractivity contribution in [1.82, 2.24) is 5.32 Å².